The molecule has 0 radical (unpaired) electrons. The lowest BCUT2D eigenvalue weighted by Crippen LogP contribution is -2.42. The maximum absolute atomic E-state index is 13.1. The standard InChI is InChI=1S/C33H28ClNO5/c1-2-20-3-5-21(6-4-20)15-26-16-28(36)14-11-23(26)17-29(33(38)39)35-32(37)31-19-25-8-7-24(18-30(25)40-31)22-9-12-27(34)13-10-22/h3-14,16,18-19,29,36H,2,15,17H2,1H3,(H,35,37)(H,38,39)/t29-/m0/s1. The van der Waals surface area contributed by atoms with Crippen LogP contribution in [0, 0.1) is 0 Å². The topological polar surface area (TPSA) is 99.8 Å². The molecule has 0 fully saturated rings. The normalized spacial score (nSPS) is 11.8. The first-order chi connectivity index (χ1) is 19.3. The van der Waals surface area contributed by atoms with E-state index in [9.17, 15) is 19.8 Å². The van der Waals surface area contributed by atoms with Gasteiger partial charge in [0, 0.05) is 16.8 Å². The quantitative estimate of drug-likeness (QED) is 0.182. The second-order valence-corrected chi connectivity index (χ2v) is 10.2. The van der Waals surface area contributed by atoms with Crippen molar-refractivity contribution in [1.82, 2.24) is 5.32 Å². The van der Waals surface area contributed by atoms with E-state index in [1.807, 2.05) is 42.5 Å². The Balaban J connectivity index is 1.34. The van der Waals surface area contributed by atoms with E-state index < -0.39 is 17.9 Å². The minimum Gasteiger partial charge on any atom is -0.508 e. The number of furan rings is 1. The van der Waals surface area contributed by atoms with E-state index in [2.05, 4.69) is 24.4 Å². The van der Waals surface area contributed by atoms with Gasteiger partial charge in [0.1, 0.15) is 17.4 Å². The van der Waals surface area contributed by atoms with E-state index in [1.165, 1.54) is 11.6 Å². The first-order valence-electron chi connectivity index (χ1n) is 13.0. The molecule has 1 atom stereocenters. The summed E-state index contributed by atoms with van der Waals surface area (Å²) >= 11 is 5.99. The van der Waals surface area contributed by atoms with Crippen LogP contribution in [0.25, 0.3) is 22.1 Å². The van der Waals surface area contributed by atoms with Crippen molar-refractivity contribution < 1.29 is 24.2 Å². The summed E-state index contributed by atoms with van der Waals surface area (Å²) in [5, 5.41) is 24.0. The Morgan fingerprint density at radius 3 is 2.25 bits per heavy atom. The molecule has 0 saturated carbocycles. The highest BCUT2D eigenvalue weighted by Crippen LogP contribution is 2.28. The summed E-state index contributed by atoms with van der Waals surface area (Å²) in [6, 6.07) is 26.5. The van der Waals surface area contributed by atoms with Crippen LogP contribution in [0.4, 0.5) is 0 Å². The largest absolute Gasteiger partial charge is 0.508 e. The third-order valence-corrected chi connectivity index (χ3v) is 7.22. The summed E-state index contributed by atoms with van der Waals surface area (Å²) in [5.41, 5.74) is 6.15. The van der Waals surface area contributed by atoms with Crippen LogP contribution in [0.3, 0.4) is 0 Å². The van der Waals surface area contributed by atoms with Gasteiger partial charge in [-0.25, -0.2) is 4.79 Å². The Labute approximate surface area is 236 Å². The molecule has 1 amide bonds. The number of aryl methyl sites for hydroxylation is 1. The number of hydrogen-bond donors (Lipinski definition) is 3. The van der Waals surface area contributed by atoms with E-state index in [1.54, 1.807) is 30.3 Å². The number of amides is 1. The number of aromatic hydroxyl groups is 1. The molecule has 3 N–H and O–H groups in total. The molecule has 0 spiro atoms. The molecule has 0 saturated heterocycles. The van der Waals surface area contributed by atoms with Gasteiger partial charge in [-0.05, 0) is 82.6 Å². The Morgan fingerprint density at radius 1 is 0.850 bits per heavy atom. The second-order valence-electron chi connectivity index (χ2n) is 9.74. The molecule has 1 heterocycles. The third kappa shape index (κ3) is 6.19. The number of fused-ring (bicyclic) bond motifs is 1. The maximum atomic E-state index is 13.1. The fourth-order valence-corrected chi connectivity index (χ4v) is 4.83. The Morgan fingerprint density at radius 2 is 1.55 bits per heavy atom. The van der Waals surface area contributed by atoms with Crippen molar-refractivity contribution in [3.63, 3.8) is 0 Å². The Kier molecular flexibility index (Phi) is 7.89. The number of phenols is 1. The van der Waals surface area contributed by atoms with Crippen LogP contribution in [0.15, 0.2) is 95.4 Å². The minimum absolute atomic E-state index is 0.0245. The molecule has 0 aliphatic rings. The summed E-state index contributed by atoms with van der Waals surface area (Å²) in [6.07, 6.45) is 1.50. The molecule has 5 rings (SSSR count). The van der Waals surface area contributed by atoms with Crippen molar-refractivity contribution in [2.24, 2.45) is 0 Å². The molecule has 7 heteroatoms. The number of aliphatic carboxylic acids is 1. The minimum atomic E-state index is -1.20. The number of nitrogens with one attached hydrogen (secondary N) is 1. The van der Waals surface area contributed by atoms with E-state index in [-0.39, 0.29) is 17.9 Å². The number of carboxylic acids is 1. The lowest BCUT2D eigenvalue weighted by atomic mass is 9.94. The van der Waals surface area contributed by atoms with Gasteiger partial charge in [-0.3, -0.25) is 4.79 Å². The van der Waals surface area contributed by atoms with Crippen molar-refractivity contribution >= 4 is 34.4 Å². The van der Waals surface area contributed by atoms with Crippen molar-refractivity contribution in [2.45, 2.75) is 32.2 Å². The number of benzene rings is 4. The highest BCUT2D eigenvalue weighted by Gasteiger charge is 2.24. The molecular formula is C33H28ClNO5. The molecule has 5 aromatic rings. The molecule has 6 nitrogen and oxygen atoms in total. The fraction of sp³-hybridized carbons (Fsp3) is 0.152. The monoisotopic (exact) mass is 553 g/mol. The Hall–Kier alpha value is -4.55. The molecular weight excluding hydrogens is 526 g/mol. The van der Waals surface area contributed by atoms with Gasteiger partial charge in [0.05, 0.1) is 0 Å². The first kappa shape index (κ1) is 27.0. The number of rotatable bonds is 9. The zero-order valence-corrected chi connectivity index (χ0v) is 22.6. The molecule has 0 bridgehead atoms. The molecule has 0 unspecified atom stereocenters. The zero-order chi connectivity index (χ0) is 28.2. The molecule has 0 aliphatic heterocycles. The molecule has 40 heavy (non-hydrogen) atoms. The summed E-state index contributed by atoms with van der Waals surface area (Å²) in [7, 11) is 0. The molecule has 1 aromatic heterocycles. The van der Waals surface area contributed by atoms with Crippen LogP contribution in [0.2, 0.25) is 5.02 Å². The molecule has 4 aromatic carbocycles. The average Bonchev–Trinajstić information content (AvgIpc) is 3.38. The average molecular weight is 554 g/mol. The van der Waals surface area contributed by atoms with Crippen LogP contribution in [0.1, 0.15) is 39.7 Å². The van der Waals surface area contributed by atoms with Gasteiger partial charge in [0.15, 0.2) is 5.76 Å². The number of hydrogen-bond acceptors (Lipinski definition) is 4. The van der Waals surface area contributed by atoms with Gasteiger partial charge in [0.25, 0.3) is 5.91 Å². The number of phenolic OH excluding ortho intramolecular Hbond substituents is 1. The van der Waals surface area contributed by atoms with Crippen molar-refractivity contribution in [2.75, 3.05) is 0 Å². The summed E-state index contributed by atoms with van der Waals surface area (Å²) < 4.78 is 5.82. The van der Waals surface area contributed by atoms with Crippen LogP contribution in [-0.2, 0) is 24.1 Å². The predicted octanol–water partition coefficient (Wildman–Crippen LogP) is 7.04. The summed E-state index contributed by atoms with van der Waals surface area (Å²) in [6.45, 7) is 2.09. The number of halogens is 1. The van der Waals surface area contributed by atoms with Crippen LogP contribution in [0.5, 0.6) is 5.75 Å². The van der Waals surface area contributed by atoms with E-state index in [4.69, 9.17) is 16.0 Å². The lowest BCUT2D eigenvalue weighted by molar-refractivity contribution is -0.139. The number of carbonyl (C=O) groups excluding carboxylic acids is 1. The predicted molar refractivity (Wildman–Crippen MR) is 156 cm³/mol. The smallest absolute Gasteiger partial charge is 0.326 e. The van der Waals surface area contributed by atoms with Crippen molar-refractivity contribution in [3.05, 3.63) is 124 Å². The van der Waals surface area contributed by atoms with Gasteiger partial charge in [-0.15, -0.1) is 0 Å². The van der Waals surface area contributed by atoms with Gasteiger partial charge < -0.3 is 19.9 Å². The molecule has 0 aliphatic carbocycles. The number of carboxylic acid groups (broad SMARTS) is 1. The molecule has 202 valence electrons. The lowest BCUT2D eigenvalue weighted by Gasteiger charge is -2.17. The van der Waals surface area contributed by atoms with Crippen molar-refractivity contribution in [1.29, 1.82) is 0 Å². The fourth-order valence-electron chi connectivity index (χ4n) is 4.70. The Bertz CT molecular complexity index is 1670. The summed E-state index contributed by atoms with van der Waals surface area (Å²) in [4.78, 5) is 25.3. The maximum Gasteiger partial charge on any atom is 0.326 e. The highest BCUT2D eigenvalue weighted by atomic mass is 35.5. The van der Waals surface area contributed by atoms with Crippen LogP contribution >= 0.6 is 11.6 Å². The van der Waals surface area contributed by atoms with Gasteiger partial charge in [-0.1, -0.05) is 73.1 Å². The van der Waals surface area contributed by atoms with Gasteiger partial charge in [0.2, 0.25) is 0 Å². The van der Waals surface area contributed by atoms with Crippen LogP contribution < -0.4 is 5.32 Å². The van der Waals surface area contributed by atoms with E-state index in [0.717, 1.165) is 39.6 Å². The zero-order valence-electron chi connectivity index (χ0n) is 21.9. The van der Waals surface area contributed by atoms with Crippen LogP contribution in [-0.4, -0.2) is 28.1 Å². The van der Waals surface area contributed by atoms with E-state index >= 15 is 0 Å². The summed E-state index contributed by atoms with van der Waals surface area (Å²) in [5.74, 6) is -1.66. The first-order valence-corrected chi connectivity index (χ1v) is 13.4. The second kappa shape index (κ2) is 11.7. The number of carbonyl (C=O) groups is 2. The SMILES string of the molecule is CCc1ccc(Cc2cc(O)ccc2C[C@H](NC(=O)c2cc3ccc(-c4ccc(Cl)cc4)cc3o2)C(=O)O)cc1. The highest BCUT2D eigenvalue weighted by molar-refractivity contribution is 6.30. The third-order valence-electron chi connectivity index (χ3n) is 6.96. The van der Waals surface area contributed by atoms with Gasteiger partial charge in [-0.2, -0.15) is 0 Å². The van der Waals surface area contributed by atoms with E-state index in [0.29, 0.717) is 17.0 Å². The van der Waals surface area contributed by atoms with Crippen molar-refractivity contribution in [3.8, 4) is 16.9 Å². The van der Waals surface area contributed by atoms with Gasteiger partial charge >= 0.3 is 5.97 Å².